The summed E-state index contributed by atoms with van der Waals surface area (Å²) in [5.74, 6) is 0.0107. The third kappa shape index (κ3) is 7.40. The number of aliphatic hydroxyl groups excluding tert-OH is 1. The Labute approximate surface area is 251 Å². The molecule has 228 valence electrons. The molecule has 3 heterocycles. The van der Waals surface area contributed by atoms with Gasteiger partial charge in [0.1, 0.15) is 17.8 Å². The first-order valence-corrected chi connectivity index (χ1v) is 14.3. The minimum absolute atomic E-state index is 0.0425. The van der Waals surface area contributed by atoms with Crippen molar-refractivity contribution in [1.29, 1.82) is 0 Å². The van der Waals surface area contributed by atoms with Crippen LogP contribution in [-0.2, 0) is 15.0 Å². The standard InChI is InChI=1S/C17H15ClFN3O.C13H22N2O2.CH4O/c1-17(2,3)12-7-15(10-4-5-14(19)13(18)6-10)21-22-8-11(9-23)20-16(12)22;1-13(2)9-15(5-4-14(13)3)12(17)11-6-10(7-11)8-16;1-2/h4-9H,1-3H3;8,10-11H,4-7,9H2,1-3H3;2H,1H3. The summed E-state index contributed by atoms with van der Waals surface area (Å²) in [5.41, 5.74) is 3.09. The van der Waals surface area contributed by atoms with E-state index in [0.29, 0.717) is 28.9 Å². The molecule has 1 saturated heterocycles. The molecule has 1 aliphatic heterocycles. The highest BCUT2D eigenvalue weighted by Gasteiger charge is 2.40. The molecular formula is C31H41ClFN5O4. The lowest BCUT2D eigenvalue weighted by Gasteiger charge is -2.47. The molecule has 1 saturated carbocycles. The third-order valence-corrected chi connectivity index (χ3v) is 8.22. The Kier molecular flexibility index (Phi) is 10.6. The number of hydrogen-bond donors (Lipinski definition) is 1. The van der Waals surface area contributed by atoms with Gasteiger partial charge in [-0.3, -0.25) is 14.5 Å². The van der Waals surface area contributed by atoms with Crippen LogP contribution in [0.5, 0.6) is 0 Å². The van der Waals surface area contributed by atoms with E-state index in [4.69, 9.17) is 16.7 Å². The van der Waals surface area contributed by atoms with Crippen molar-refractivity contribution in [2.24, 2.45) is 11.8 Å². The van der Waals surface area contributed by atoms with Crippen molar-refractivity contribution >= 4 is 35.7 Å². The van der Waals surface area contributed by atoms with Crippen LogP contribution < -0.4 is 0 Å². The van der Waals surface area contributed by atoms with Crippen molar-refractivity contribution in [2.45, 2.75) is 58.4 Å². The van der Waals surface area contributed by atoms with Crippen LogP contribution in [0.3, 0.4) is 0 Å². The van der Waals surface area contributed by atoms with Gasteiger partial charge >= 0.3 is 0 Å². The molecule has 5 rings (SSSR count). The summed E-state index contributed by atoms with van der Waals surface area (Å²) in [5, 5.41) is 11.5. The summed E-state index contributed by atoms with van der Waals surface area (Å²) in [6.07, 6.45) is 4.77. The quantitative estimate of drug-likeness (QED) is 0.433. The monoisotopic (exact) mass is 601 g/mol. The summed E-state index contributed by atoms with van der Waals surface area (Å²) in [7, 11) is 3.10. The van der Waals surface area contributed by atoms with Crippen molar-refractivity contribution in [3.05, 3.63) is 52.6 Å². The fourth-order valence-electron chi connectivity index (χ4n) is 5.06. The van der Waals surface area contributed by atoms with Crippen LogP contribution in [0.4, 0.5) is 4.39 Å². The number of benzene rings is 1. The molecule has 2 aliphatic rings. The average Bonchev–Trinajstić information content (AvgIpc) is 3.35. The largest absolute Gasteiger partial charge is 0.400 e. The molecule has 1 aliphatic carbocycles. The second kappa shape index (κ2) is 13.4. The molecule has 9 nitrogen and oxygen atoms in total. The number of piperazine rings is 1. The Morgan fingerprint density at radius 3 is 2.36 bits per heavy atom. The van der Waals surface area contributed by atoms with Gasteiger partial charge in [-0.1, -0.05) is 32.4 Å². The number of imidazole rings is 1. The molecule has 1 N–H and O–H groups in total. The van der Waals surface area contributed by atoms with Crippen molar-refractivity contribution in [3.8, 4) is 11.3 Å². The van der Waals surface area contributed by atoms with E-state index in [-0.39, 0.29) is 33.7 Å². The van der Waals surface area contributed by atoms with E-state index in [1.165, 1.54) is 12.1 Å². The molecule has 11 heteroatoms. The van der Waals surface area contributed by atoms with Gasteiger partial charge in [-0.05, 0) is 63.4 Å². The van der Waals surface area contributed by atoms with Crippen LogP contribution in [0.25, 0.3) is 16.9 Å². The van der Waals surface area contributed by atoms with Crippen molar-refractivity contribution in [2.75, 3.05) is 33.8 Å². The van der Waals surface area contributed by atoms with Gasteiger partial charge in [-0.2, -0.15) is 5.10 Å². The highest BCUT2D eigenvalue weighted by molar-refractivity contribution is 6.31. The highest BCUT2D eigenvalue weighted by Crippen LogP contribution is 2.35. The number of halogens is 2. The summed E-state index contributed by atoms with van der Waals surface area (Å²) in [4.78, 5) is 42.4. The van der Waals surface area contributed by atoms with Crippen LogP contribution in [0.15, 0.2) is 30.5 Å². The van der Waals surface area contributed by atoms with Gasteiger partial charge in [0, 0.05) is 55.2 Å². The van der Waals surface area contributed by atoms with Crippen LogP contribution in [0.2, 0.25) is 5.02 Å². The first-order chi connectivity index (χ1) is 19.7. The van der Waals surface area contributed by atoms with Crippen molar-refractivity contribution in [3.63, 3.8) is 0 Å². The lowest BCUT2D eigenvalue weighted by Crippen LogP contribution is -2.60. The maximum atomic E-state index is 13.4. The molecule has 2 aromatic heterocycles. The molecule has 0 spiro atoms. The molecule has 0 unspecified atom stereocenters. The summed E-state index contributed by atoms with van der Waals surface area (Å²) < 4.78 is 15.0. The summed E-state index contributed by atoms with van der Waals surface area (Å²) in [6, 6.07) is 6.37. The number of aromatic nitrogens is 3. The van der Waals surface area contributed by atoms with Gasteiger partial charge in [0.2, 0.25) is 5.91 Å². The smallest absolute Gasteiger partial charge is 0.225 e. The topological polar surface area (TPSA) is 108 Å². The molecule has 2 fully saturated rings. The zero-order valence-electron chi connectivity index (χ0n) is 25.4. The first-order valence-electron chi connectivity index (χ1n) is 13.9. The van der Waals surface area contributed by atoms with Crippen molar-refractivity contribution < 1.29 is 23.9 Å². The van der Waals surface area contributed by atoms with E-state index < -0.39 is 5.82 Å². The lowest BCUT2D eigenvalue weighted by atomic mass is 9.75. The van der Waals surface area contributed by atoms with Gasteiger partial charge in [-0.15, -0.1) is 0 Å². The number of aliphatic hydroxyl groups is 1. The molecule has 42 heavy (non-hydrogen) atoms. The molecule has 1 aromatic carbocycles. The van der Waals surface area contributed by atoms with Gasteiger partial charge in [0.25, 0.3) is 0 Å². The predicted octanol–water partition coefficient (Wildman–Crippen LogP) is 4.67. The lowest BCUT2D eigenvalue weighted by molar-refractivity contribution is -0.145. The van der Waals surface area contributed by atoms with Gasteiger partial charge in [-0.25, -0.2) is 13.9 Å². The molecule has 1 amide bonds. The van der Waals surface area contributed by atoms with Crippen LogP contribution >= 0.6 is 11.6 Å². The van der Waals surface area contributed by atoms with E-state index in [1.54, 1.807) is 16.8 Å². The maximum absolute atomic E-state index is 13.4. The number of hydrogen-bond acceptors (Lipinski definition) is 7. The number of nitrogens with zero attached hydrogens (tertiary/aromatic N) is 5. The molecule has 3 aromatic rings. The first kappa shape index (κ1) is 33.3. The van der Waals surface area contributed by atoms with E-state index in [9.17, 15) is 18.8 Å². The predicted molar refractivity (Wildman–Crippen MR) is 161 cm³/mol. The normalized spacial score (nSPS) is 20.0. The Balaban J connectivity index is 0.000000227. The van der Waals surface area contributed by atoms with Gasteiger partial charge in [0.15, 0.2) is 11.9 Å². The Morgan fingerprint density at radius 1 is 1.14 bits per heavy atom. The van der Waals surface area contributed by atoms with Crippen LogP contribution in [0.1, 0.15) is 63.5 Å². The van der Waals surface area contributed by atoms with Crippen molar-refractivity contribution in [1.82, 2.24) is 24.4 Å². The minimum Gasteiger partial charge on any atom is -0.400 e. The molecule has 0 atom stereocenters. The maximum Gasteiger partial charge on any atom is 0.225 e. The minimum atomic E-state index is -0.474. The second-order valence-corrected chi connectivity index (χ2v) is 12.8. The van der Waals surface area contributed by atoms with Gasteiger partial charge < -0.3 is 14.8 Å². The SMILES string of the molecule is CC(C)(C)c1cc(-c2ccc(F)c(Cl)c2)nn2cc(C=O)nc12.CN1CCN(C(=O)C2CC(C=O)C2)CC1(C)C.CO. The second-order valence-electron chi connectivity index (χ2n) is 12.4. The van der Waals surface area contributed by atoms with Gasteiger partial charge in [0.05, 0.1) is 16.9 Å². The van der Waals surface area contributed by atoms with E-state index >= 15 is 0 Å². The summed E-state index contributed by atoms with van der Waals surface area (Å²) in [6.45, 7) is 13.0. The fourth-order valence-corrected chi connectivity index (χ4v) is 5.24. The Hall–Kier alpha value is -3.21. The van der Waals surface area contributed by atoms with E-state index in [2.05, 4.69) is 56.6 Å². The van der Waals surface area contributed by atoms with E-state index in [0.717, 1.165) is 51.4 Å². The zero-order valence-corrected chi connectivity index (χ0v) is 26.2. The Bertz CT molecular complexity index is 1430. The Morgan fingerprint density at radius 2 is 1.81 bits per heavy atom. The van der Waals surface area contributed by atoms with E-state index in [1.807, 2.05) is 11.0 Å². The van der Waals surface area contributed by atoms with Crippen LogP contribution in [0, 0.1) is 17.7 Å². The number of aldehydes is 2. The van der Waals surface area contributed by atoms with Crippen LogP contribution in [-0.4, -0.2) is 87.3 Å². The molecule has 0 bridgehead atoms. The number of fused-ring (bicyclic) bond motifs is 1. The fraction of sp³-hybridized carbons (Fsp3) is 0.516. The molecule has 0 radical (unpaired) electrons. The number of rotatable bonds is 4. The average molecular weight is 602 g/mol. The number of carbonyl (C=O) groups is 3. The molecular weight excluding hydrogens is 561 g/mol. The number of carbonyl (C=O) groups excluding carboxylic acids is 3. The zero-order chi connectivity index (χ0) is 31.4. The number of amides is 1. The highest BCUT2D eigenvalue weighted by atomic mass is 35.5. The summed E-state index contributed by atoms with van der Waals surface area (Å²) >= 11 is 5.87. The number of likely N-dealkylation sites (N-methyl/N-ethyl adjacent to an activating group) is 1. The third-order valence-electron chi connectivity index (χ3n) is 7.93.